The van der Waals surface area contributed by atoms with Crippen LogP contribution in [0.3, 0.4) is 0 Å². The van der Waals surface area contributed by atoms with Crippen molar-refractivity contribution in [1.82, 2.24) is 0 Å². The molecule has 84 valence electrons. The van der Waals surface area contributed by atoms with Crippen LogP contribution in [-0.4, -0.2) is 5.78 Å². The molecular weight excluding hydrogens is 205 g/mol. The van der Waals surface area contributed by atoms with Crippen molar-refractivity contribution >= 4 is 11.5 Å². The molecule has 2 nitrogen and oxygen atoms in total. The molecule has 1 aliphatic carbocycles. The fourth-order valence-electron chi connectivity index (χ4n) is 1.77. The summed E-state index contributed by atoms with van der Waals surface area (Å²) in [7, 11) is 0. The molecular formula is C13H14FNO. The fourth-order valence-corrected chi connectivity index (χ4v) is 1.77. The largest absolute Gasteiger partial charge is 0.361 e. The lowest BCUT2D eigenvalue weighted by Gasteiger charge is -2.12. The van der Waals surface area contributed by atoms with E-state index in [4.69, 9.17) is 0 Å². The molecule has 0 spiro atoms. The van der Waals surface area contributed by atoms with Crippen LogP contribution in [0.25, 0.3) is 0 Å². The average molecular weight is 219 g/mol. The first-order valence-electron chi connectivity index (χ1n) is 5.50. The Labute approximate surface area is 94.2 Å². The minimum atomic E-state index is -0.257. The second-order valence-corrected chi connectivity index (χ2v) is 3.95. The molecule has 1 aliphatic rings. The number of benzene rings is 1. The highest BCUT2D eigenvalue weighted by Crippen LogP contribution is 2.20. The van der Waals surface area contributed by atoms with Crippen molar-refractivity contribution in [2.45, 2.75) is 25.7 Å². The van der Waals surface area contributed by atoms with E-state index in [1.165, 1.54) is 12.1 Å². The van der Waals surface area contributed by atoms with Crippen LogP contribution >= 0.6 is 0 Å². The van der Waals surface area contributed by atoms with Crippen molar-refractivity contribution in [3.05, 3.63) is 41.9 Å². The van der Waals surface area contributed by atoms with Gasteiger partial charge in [0.25, 0.3) is 0 Å². The van der Waals surface area contributed by atoms with Gasteiger partial charge in [-0.25, -0.2) is 4.39 Å². The van der Waals surface area contributed by atoms with Gasteiger partial charge in [-0.05, 0) is 43.5 Å². The number of hydrogen-bond donors (Lipinski definition) is 1. The van der Waals surface area contributed by atoms with E-state index < -0.39 is 0 Å². The summed E-state index contributed by atoms with van der Waals surface area (Å²) >= 11 is 0. The Morgan fingerprint density at radius 2 is 1.81 bits per heavy atom. The van der Waals surface area contributed by atoms with Crippen molar-refractivity contribution in [2.24, 2.45) is 0 Å². The monoisotopic (exact) mass is 219 g/mol. The lowest BCUT2D eigenvalue weighted by Crippen LogP contribution is -2.09. The minimum Gasteiger partial charge on any atom is -0.361 e. The summed E-state index contributed by atoms with van der Waals surface area (Å²) < 4.78 is 12.6. The van der Waals surface area contributed by atoms with E-state index in [-0.39, 0.29) is 11.6 Å². The Bertz CT molecular complexity index is 408. The molecule has 1 aromatic carbocycles. The molecule has 2 rings (SSSR count). The van der Waals surface area contributed by atoms with Crippen LogP contribution in [0.4, 0.5) is 10.1 Å². The maximum absolute atomic E-state index is 12.6. The van der Waals surface area contributed by atoms with E-state index in [0.29, 0.717) is 6.42 Å². The van der Waals surface area contributed by atoms with Gasteiger partial charge in [-0.1, -0.05) is 0 Å². The summed E-state index contributed by atoms with van der Waals surface area (Å²) in [4.78, 5) is 11.5. The molecule has 16 heavy (non-hydrogen) atoms. The zero-order chi connectivity index (χ0) is 11.4. The average Bonchev–Trinajstić information content (AvgIpc) is 2.30. The molecule has 1 aromatic rings. The van der Waals surface area contributed by atoms with Gasteiger partial charge in [-0.15, -0.1) is 0 Å². The number of halogens is 1. The lowest BCUT2D eigenvalue weighted by molar-refractivity contribution is -0.116. The van der Waals surface area contributed by atoms with Crippen LogP contribution in [0.1, 0.15) is 25.7 Å². The van der Waals surface area contributed by atoms with Crippen molar-refractivity contribution in [1.29, 1.82) is 0 Å². The van der Waals surface area contributed by atoms with E-state index in [0.717, 1.165) is 30.5 Å². The van der Waals surface area contributed by atoms with Gasteiger partial charge in [-0.3, -0.25) is 4.79 Å². The van der Waals surface area contributed by atoms with E-state index >= 15 is 0 Å². The third-order valence-electron chi connectivity index (χ3n) is 2.72. The summed E-state index contributed by atoms with van der Waals surface area (Å²) in [5, 5.41) is 3.02. The van der Waals surface area contributed by atoms with Gasteiger partial charge >= 0.3 is 0 Å². The molecule has 0 heterocycles. The lowest BCUT2D eigenvalue weighted by atomic mass is 9.94. The summed E-state index contributed by atoms with van der Waals surface area (Å²) in [6.45, 7) is 0. The SMILES string of the molecule is O=C1CCCC/C1=C/Nc1ccc(F)cc1. The summed E-state index contributed by atoms with van der Waals surface area (Å²) in [5.74, 6) is -0.0344. The number of Topliss-reactive ketones (excluding diaryl/α,β-unsaturated/α-hetero) is 1. The van der Waals surface area contributed by atoms with Crippen LogP contribution in [0.2, 0.25) is 0 Å². The zero-order valence-electron chi connectivity index (χ0n) is 9.00. The first kappa shape index (κ1) is 10.9. The van der Waals surface area contributed by atoms with Crippen molar-refractivity contribution in [2.75, 3.05) is 5.32 Å². The normalized spacial score (nSPS) is 18.8. The molecule has 1 N–H and O–H groups in total. The van der Waals surface area contributed by atoms with E-state index in [1.807, 2.05) is 0 Å². The van der Waals surface area contributed by atoms with Gasteiger partial charge < -0.3 is 5.32 Å². The van der Waals surface area contributed by atoms with Gasteiger partial charge in [0.05, 0.1) is 0 Å². The maximum Gasteiger partial charge on any atom is 0.160 e. The van der Waals surface area contributed by atoms with Crippen molar-refractivity contribution in [3.63, 3.8) is 0 Å². The van der Waals surface area contributed by atoms with Gasteiger partial charge in [0.2, 0.25) is 0 Å². The number of carbonyl (C=O) groups excluding carboxylic acids is 1. The molecule has 0 unspecified atom stereocenters. The first-order valence-corrected chi connectivity index (χ1v) is 5.50. The van der Waals surface area contributed by atoms with Gasteiger partial charge in [0.15, 0.2) is 5.78 Å². The van der Waals surface area contributed by atoms with Gasteiger partial charge in [0.1, 0.15) is 5.82 Å². The summed E-state index contributed by atoms with van der Waals surface area (Å²) in [6.07, 6.45) is 5.30. The second kappa shape index (κ2) is 4.92. The van der Waals surface area contributed by atoms with Crippen LogP contribution < -0.4 is 5.32 Å². The third-order valence-corrected chi connectivity index (χ3v) is 2.72. The Kier molecular flexibility index (Phi) is 3.34. The minimum absolute atomic E-state index is 0.223. The number of hydrogen-bond acceptors (Lipinski definition) is 2. The topological polar surface area (TPSA) is 29.1 Å². The highest BCUT2D eigenvalue weighted by Gasteiger charge is 2.14. The number of anilines is 1. The smallest absolute Gasteiger partial charge is 0.160 e. The third kappa shape index (κ3) is 2.69. The number of nitrogens with one attached hydrogen (secondary N) is 1. The molecule has 0 bridgehead atoms. The van der Waals surface area contributed by atoms with E-state index in [1.54, 1.807) is 18.3 Å². The molecule has 0 saturated heterocycles. The Morgan fingerprint density at radius 3 is 2.50 bits per heavy atom. The predicted molar refractivity (Wildman–Crippen MR) is 61.6 cm³/mol. The maximum atomic E-state index is 12.6. The van der Waals surface area contributed by atoms with Gasteiger partial charge in [-0.2, -0.15) is 0 Å². The standard InChI is InChI=1S/C13H14FNO/c14-11-5-7-12(8-6-11)15-9-10-3-1-2-4-13(10)16/h5-9,15H,1-4H2/b10-9-. The quantitative estimate of drug-likeness (QED) is 0.773. The molecule has 0 amide bonds. The highest BCUT2D eigenvalue weighted by molar-refractivity contribution is 5.96. The van der Waals surface area contributed by atoms with E-state index in [9.17, 15) is 9.18 Å². The predicted octanol–water partition coefficient (Wildman–Crippen LogP) is 3.26. The molecule has 0 radical (unpaired) electrons. The molecule has 1 saturated carbocycles. The highest BCUT2D eigenvalue weighted by atomic mass is 19.1. The molecule has 0 atom stereocenters. The van der Waals surface area contributed by atoms with Gasteiger partial charge in [0, 0.05) is 23.9 Å². The van der Waals surface area contributed by atoms with Crippen LogP contribution in [0, 0.1) is 5.82 Å². The molecule has 0 aliphatic heterocycles. The number of allylic oxidation sites excluding steroid dienone is 1. The number of ketones is 1. The van der Waals surface area contributed by atoms with Crippen LogP contribution in [0.5, 0.6) is 0 Å². The first-order chi connectivity index (χ1) is 7.75. The zero-order valence-corrected chi connectivity index (χ0v) is 9.00. The fraction of sp³-hybridized carbons (Fsp3) is 0.308. The van der Waals surface area contributed by atoms with Crippen LogP contribution in [-0.2, 0) is 4.79 Å². The molecule has 1 fully saturated rings. The molecule has 3 heteroatoms. The van der Waals surface area contributed by atoms with Crippen LogP contribution in [0.15, 0.2) is 36.0 Å². The number of rotatable bonds is 2. The van der Waals surface area contributed by atoms with Crippen molar-refractivity contribution in [3.8, 4) is 0 Å². The Hall–Kier alpha value is -1.64. The summed E-state index contributed by atoms with van der Waals surface area (Å²) in [5.41, 5.74) is 1.64. The Balaban J connectivity index is 2.02. The van der Waals surface area contributed by atoms with Crippen molar-refractivity contribution < 1.29 is 9.18 Å². The second-order valence-electron chi connectivity index (χ2n) is 3.95. The Morgan fingerprint density at radius 1 is 1.12 bits per heavy atom. The molecule has 0 aromatic heterocycles. The summed E-state index contributed by atoms with van der Waals surface area (Å²) in [6, 6.07) is 6.09. The van der Waals surface area contributed by atoms with E-state index in [2.05, 4.69) is 5.32 Å². The number of carbonyl (C=O) groups is 1.